The molecule has 0 saturated heterocycles. The standard InChI is InChI=1S/C17H20N2O2/c1-11-9-15(12(2)13(3)16(11)21-4)17(20)19-10-14-7-5-6-8-18-14/h5-9H,10H2,1-4H3,(H,19,20). The summed E-state index contributed by atoms with van der Waals surface area (Å²) in [4.78, 5) is 16.6. The zero-order chi connectivity index (χ0) is 15.4. The van der Waals surface area contributed by atoms with Crippen molar-refractivity contribution < 1.29 is 9.53 Å². The number of benzene rings is 1. The number of hydrogen-bond acceptors (Lipinski definition) is 3. The molecule has 21 heavy (non-hydrogen) atoms. The summed E-state index contributed by atoms with van der Waals surface area (Å²) in [7, 11) is 1.65. The van der Waals surface area contributed by atoms with Gasteiger partial charge in [-0.2, -0.15) is 0 Å². The fraction of sp³-hybridized carbons (Fsp3) is 0.294. The lowest BCUT2D eigenvalue weighted by Gasteiger charge is -2.15. The van der Waals surface area contributed by atoms with Crippen molar-refractivity contribution in [1.29, 1.82) is 0 Å². The zero-order valence-corrected chi connectivity index (χ0v) is 12.9. The normalized spacial score (nSPS) is 10.3. The molecule has 2 rings (SSSR count). The number of pyridine rings is 1. The number of methoxy groups -OCH3 is 1. The third-order valence-electron chi connectivity index (χ3n) is 3.63. The summed E-state index contributed by atoms with van der Waals surface area (Å²) in [6.45, 7) is 6.27. The van der Waals surface area contributed by atoms with E-state index in [4.69, 9.17) is 4.74 Å². The highest BCUT2D eigenvalue weighted by Crippen LogP contribution is 2.28. The van der Waals surface area contributed by atoms with Gasteiger partial charge < -0.3 is 10.1 Å². The third-order valence-corrected chi connectivity index (χ3v) is 3.63. The number of carbonyl (C=O) groups excluding carboxylic acids is 1. The zero-order valence-electron chi connectivity index (χ0n) is 12.9. The van der Waals surface area contributed by atoms with Crippen LogP contribution in [0.5, 0.6) is 5.75 Å². The Morgan fingerprint density at radius 3 is 2.62 bits per heavy atom. The first-order chi connectivity index (χ1) is 10.0. The van der Waals surface area contributed by atoms with Crippen molar-refractivity contribution in [2.75, 3.05) is 7.11 Å². The number of aromatic nitrogens is 1. The van der Waals surface area contributed by atoms with Crippen molar-refractivity contribution in [3.63, 3.8) is 0 Å². The van der Waals surface area contributed by atoms with Gasteiger partial charge in [0.1, 0.15) is 5.75 Å². The average molecular weight is 284 g/mol. The summed E-state index contributed by atoms with van der Waals surface area (Å²) in [5, 5.41) is 2.91. The lowest BCUT2D eigenvalue weighted by Crippen LogP contribution is -2.24. The Kier molecular flexibility index (Phi) is 4.58. The van der Waals surface area contributed by atoms with Crippen LogP contribution in [0.25, 0.3) is 0 Å². The Morgan fingerprint density at radius 2 is 2.00 bits per heavy atom. The maximum absolute atomic E-state index is 12.4. The number of amides is 1. The van der Waals surface area contributed by atoms with Crippen LogP contribution in [0, 0.1) is 20.8 Å². The van der Waals surface area contributed by atoms with Crippen LogP contribution < -0.4 is 10.1 Å². The summed E-state index contributed by atoms with van der Waals surface area (Å²) in [5.74, 6) is 0.751. The van der Waals surface area contributed by atoms with E-state index in [1.54, 1.807) is 13.3 Å². The second-order valence-corrected chi connectivity index (χ2v) is 5.03. The van der Waals surface area contributed by atoms with Crippen LogP contribution in [0.4, 0.5) is 0 Å². The van der Waals surface area contributed by atoms with Gasteiger partial charge in [-0.25, -0.2) is 0 Å². The molecule has 1 heterocycles. The summed E-state index contributed by atoms with van der Waals surface area (Å²) < 4.78 is 5.38. The summed E-state index contributed by atoms with van der Waals surface area (Å²) in [6, 6.07) is 7.51. The molecule has 0 fully saturated rings. The number of ether oxygens (including phenoxy) is 1. The van der Waals surface area contributed by atoms with Crippen molar-refractivity contribution in [1.82, 2.24) is 10.3 Å². The van der Waals surface area contributed by atoms with E-state index in [1.807, 2.05) is 45.0 Å². The predicted molar refractivity (Wildman–Crippen MR) is 82.6 cm³/mol. The van der Waals surface area contributed by atoms with Gasteiger partial charge in [0, 0.05) is 11.8 Å². The van der Waals surface area contributed by atoms with Gasteiger partial charge in [0.2, 0.25) is 0 Å². The number of rotatable bonds is 4. The maximum atomic E-state index is 12.4. The summed E-state index contributed by atoms with van der Waals surface area (Å²) in [6.07, 6.45) is 1.72. The van der Waals surface area contributed by atoms with Crippen molar-refractivity contribution in [3.05, 3.63) is 58.4 Å². The van der Waals surface area contributed by atoms with Gasteiger partial charge in [0.15, 0.2) is 0 Å². The second kappa shape index (κ2) is 6.39. The van der Waals surface area contributed by atoms with E-state index in [9.17, 15) is 4.79 Å². The Labute approximate surface area is 125 Å². The third kappa shape index (κ3) is 3.21. The van der Waals surface area contributed by atoms with Crippen LogP contribution in [0.15, 0.2) is 30.5 Å². The van der Waals surface area contributed by atoms with Gasteiger partial charge in [0.05, 0.1) is 19.3 Å². The first kappa shape index (κ1) is 15.0. The van der Waals surface area contributed by atoms with E-state index < -0.39 is 0 Å². The molecule has 0 aliphatic carbocycles. The molecule has 0 unspecified atom stereocenters. The molecule has 110 valence electrons. The molecule has 0 radical (unpaired) electrons. The minimum atomic E-state index is -0.0907. The molecule has 1 aromatic carbocycles. The fourth-order valence-corrected chi connectivity index (χ4v) is 2.38. The van der Waals surface area contributed by atoms with Gasteiger partial charge in [-0.05, 0) is 55.7 Å². The Morgan fingerprint density at radius 1 is 1.24 bits per heavy atom. The van der Waals surface area contributed by atoms with Crippen molar-refractivity contribution in [3.8, 4) is 5.75 Å². The smallest absolute Gasteiger partial charge is 0.251 e. The highest BCUT2D eigenvalue weighted by molar-refractivity contribution is 5.96. The highest BCUT2D eigenvalue weighted by atomic mass is 16.5. The molecule has 2 aromatic rings. The van der Waals surface area contributed by atoms with Gasteiger partial charge >= 0.3 is 0 Å². The van der Waals surface area contributed by atoms with Crippen molar-refractivity contribution in [2.24, 2.45) is 0 Å². The van der Waals surface area contributed by atoms with Gasteiger partial charge in [-0.3, -0.25) is 9.78 Å². The Bertz CT molecular complexity index is 652. The van der Waals surface area contributed by atoms with Crippen LogP contribution in [-0.2, 0) is 6.54 Å². The van der Waals surface area contributed by atoms with Crippen LogP contribution in [-0.4, -0.2) is 18.0 Å². The SMILES string of the molecule is COc1c(C)cc(C(=O)NCc2ccccn2)c(C)c1C. The molecule has 0 atom stereocenters. The first-order valence-electron chi connectivity index (χ1n) is 6.87. The number of nitrogens with one attached hydrogen (secondary N) is 1. The van der Waals surface area contributed by atoms with E-state index in [0.29, 0.717) is 12.1 Å². The second-order valence-electron chi connectivity index (χ2n) is 5.03. The fourth-order valence-electron chi connectivity index (χ4n) is 2.38. The molecule has 1 amide bonds. The summed E-state index contributed by atoms with van der Waals surface area (Å²) in [5.41, 5.74) is 4.42. The van der Waals surface area contributed by atoms with Crippen LogP contribution >= 0.6 is 0 Å². The molecular formula is C17H20N2O2. The van der Waals surface area contributed by atoms with Crippen LogP contribution in [0.3, 0.4) is 0 Å². The molecule has 0 bridgehead atoms. The lowest BCUT2D eigenvalue weighted by atomic mass is 9.98. The van der Waals surface area contributed by atoms with E-state index >= 15 is 0 Å². The van der Waals surface area contributed by atoms with Crippen molar-refractivity contribution in [2.45, 2.75) is 27.3 Å². The van der Waals surface area contributed by atoms with Crippen LogP contribution in [0.1, 0.15) is 32.7 Å². The number of aryl methyl sites for hydroxylation is 1. The largest absolute Gasteiger partial charge is 0.496 e. The van der Waals surface area contributed by atoms with E-state index in [2.05, 4.69) is 10.3 Å². The van der Waals surface area contributed by atoms with Gasteiger partial charge in [-0.1, -0.05) is 6.07 Å². The molecule has 4 nitrogen and oxygen atoms in total. The topological polar surface area (TPSA) is 51.2 Å². The molecule has 0 aliphatic heterocycles. The molecule has 0 spiro atoms. The summed E-state index contributed by atoms with van der Waals surface area (Å²) >= 11 is 0. The monoisotopic (exact) mass is 284 g/mol. The molecule has 4 heteroatoms. The molecular weight excluding hydrogens is 264 g/mol. The van der Waals surface area contributed by atoms with E-state index in [0.717, 1.165) is 28.1 Å². The minimum Gasteiger partial charge on any atom is -0.496 e. The van der Waals surface area contributed by atoms with Crippen LogP contribution in [0.2, 0.25) is 0 Å². The van der Waals surface area contributed by atoms with E-state index in [-0.39, 0.29) is 5.91 Å². The Balaban J connectivity index is 2.20. The number of nitrogens with zero attached hydrogens (tertiary/aromatic N) is 1. The van der Waals surface area contributed by atoms with E-state index in [1.165, 1.54) is 0 Å². The minimum absolute atomic E-state index is 0.0907. The predicted octanol–water partition coefficient (Wildman–Crippen LogP) is 2.95. The quantitative estimate of drug-likeness (QED) is 0.939. The van der Waals surface area contributed by atoms with Gasteiger partial charge in [-0.15, -0.1) is 0 Å². The lowest BCUT2D eigenvalue weighted by molar-refractivity contribution is 0.0949. The molecule has 1 N–H and O–H groups in total. The molecule has 0 aliphatic rings. The Hall–Kier alpha value is -2.36. The average Bonchev–Trinajstić information content (AvgIpc) is 2.50. The molecule has 1 aromatic heterocycles. The number of hydrogen-bond donors (Lipinski definition) is 1. The highest BCUT2D eigenvalue weighted by Gasteiger charge is 2.15. The van der Waals surface area contributed by atoms with Gasteiger partial charge in [0.25, 0.3) is 5.91 Å². The maximum Gasteiger partial charge on any atom is 0.251 e. The number of carbonyl (C=O) groups is 1. The first-order valence-corrected chi connectivity index (χ1v) is 6.87. The molecule has 0 saturated carbocycles. The van der Waals surface area contributed by atoms with Crippen molar-refractivity contribution >= 4 is 5.91 Å².